The Balaban J connectivity index is 1.41. The first-order chi connectivity index (χ1) is 14.2. The Morgan fingerprint density at radius 2 is 2.07 bits per heavy atom. The summed E-state index contributed by atoms with van der Waals surface area (Å²) in [5.74, 6) is 1.81. The summed E-state index contributed by atoms with van der Waals surface area (Å²) in [5.41, 5.74) is 5.41. The minimum absolute atomic E-state index is 0.0172. The van der Waals surface area contributed by atoms with Crippen molar-refractivity contribution < 1.29 is 9.53 Å². The smallest absolute Gasteiger partial charge is 0.182 e. The predicted molar refractivity (Wildman–Crippen MR) is 117 cm³/mol. The number of ketones is 1. The minimum Gasteiger partial charge on any atom is -0.490 e. The number of rotatable bonds is 5. The summed E-state index contributed by atoms with van der Waals surface area (Å²) in [7, 11) is 3.93. The normalized spacial score (nSPS) is 18.8. The summed E-state index contributed by atoms with van der Waals surface area (Å²) >= 11 is 0. The molecule has 6 heteroatoms. The van der Waals surface area contributed by atoms with Crippen LogP contribution >= 0.6 is 0 Å². The molecule has 156 valence electrons. The molecule has 0 spiro atoms. The molecule has 3 heterocycles. The lowest BCUT2D eigenvalue weighted by molar-refractivity contribution is 0.0962. The van der Waals surface area contributed by atoms with Crippen molar-refractivity contribution in [2.24, 2.45) is 0 Å². The minimum atomic E-state index is -0.129. The van der Waals surface area contributed by atoms with Crippen molar-refractivity contribution in [2.45, 2.75) is 44.6 Å². The van der Waals surface area contributed by atoms with Gasteiger partial charge in [-0.25, -0.2) is 4.98 Å². The number of fused-ring (bicyclic) bond motifs is 2. The number of carbonyl (C=O) groups excluding carboxylic acids is 1. The number of nitrogens with zero attached hydrogens (tertiary/aromatic N) is 3. The second-order valence-corrected chi connectivity index (χ2v) is 9.59. The highest BCUT2D eigenvalue weighted by Crippen LogP contribution is 2.45. The number of Topliss-reactive ketones (excluding diaryl/α,β-unsaturated/α-hetero) is 1. The van der Waals surface area contributed by atoms with Crippen LogP contribution in [0, 0.1) is 5.41 Å². The van der Waals surface area contributed by atoms with E-state index in [-0.39, 0.29) is 17.7 Å². The molecule has 6 nitrogen and oxygen atoms in total. The van der Waals surface area contributed by atoms with E-state index in [2.05, 4.69) is 26.0 Å². The molecule has 0 radical (unpaired) electrons. The summed E-state index contributed by atoms with van der Waals surface area (Å²) < 4.78 is 5.96. The predicted octanol–water partition coefficient (Wildman–Crippen LogP) is 3.72. The van der Waals surface area contributed by atoms with E-state index in [9.17, 15) is 4.79 Å². The molecule has 1 aromatic heterocycles. The number of amidine groups is 1. The fourth-order valence-electron chi connectivity index (χ4n) is 4.37. The van der Waals surface area contributed by atoms with Gasteiger partial charge in [0.15, 0.2) is 5.78 Å². The number of hydrogen-bond acceptors (Lipinski definition) is 5. The Hall–Kier alpha value is -2.89. The first-order valence-electron chi connectivity index (χ1n) is 10.6. The zero-order chi connectivity index (χ0) is 21.2. The Bertz CT molecular complexity index is 1070. The third-order valence-corrected chi connectivity index (χ3v) is 6.41. The van der Waals surface area contributed by atoms with E-state index in [1.54, 1.807) is 0 Å². The standard InChI is InChI=1S/C24H28N4O2/c1-24(2)13-30-22-17(24)9-16(10-19(22)27(3)4)20(29)12-28-11-15-7-8-18(14-5-6-14)26-21(15)23(28)25/h7-10,14,25H,5-6,11-13H2,1-4H3. The largest absolute Gasteiger partial charge is 0.490 e. The average molecular weight is 405 g/mol. The highest BCUT2D eigenvalue weighted by molar-refractivity contribution is 6.05. The Labute approximate surface area is 177 Å². The Morgan fingerprint density at radius 1 is 1.30 bits per heavy atom. The molecule has 0 bridgehead atoms. The molecular formula is C24H28N4O2. The molecular weight excluding hydrogens is 376 g/mol. The molecule has 0 atom stereocenters. The van der Waals surface area contributed by atoms with Gasteiger partial charge in [0, 0.05) is 54.4 Å². The van der Waals surface area contributed by atoms with Crippen molar-refractivity contribution >= 4 is 17.3 Å². The van der Waals surface area contributed by atoms with Gasteiger partial charge in [-0.3, -0.25) is 10.2 Å². The molecule has 0 amide bonds. The molecule has 1 aliphatic carbocycles. The van der Waals surface area contributed by atoms with E-state index in [4.69, 9.17) is 15.1 Å². The number of ether oxygens (including phenoxy) is 1. The Kier molecular flexibility index (Phi) is 4.17. The third-order valence-electron chi connectivity index (χ3n) is 6.41. The molecule has 1 fully saturated rings. The quantitative estimate of drug-likeness (QED) is 0.769. The third kappa shape index (κ3) is 3.06. The summed E-state index contributed by atoms with van der Waals surface area (Å²) in [6.45, 7) is 5.64. The summed E-state index contributed by atoms with van der Waals surface area (Å²) in [6, 6.07) is 8.06. The van der Waals surface area contributed by atoms with Crippen molar-refractivity contribution in [1.82, 2.24) is 9.88 Å². The van der Waals surface area contributed by atoms with Gasteiger partial charge in [-0.05, 0) is 31.0 Å². The fourth-order valence-corrected chi connectivity index (χ4v) is 4.37. The van der Waals surface area contributed by atoms with E-state index >= 15 is 0 Å². The van der Waals surface area contributed by atoms with Crippen LogP contribution < -0.4 is 9.64 Å². The number of anilines is 1. The second-order valence-electron chi connectivity index (χ2n) is 9.59. The van der Waals surface area contributed by atoms with Crippen LogP contribution in [0.1, 0.15) is 65.5 Å². The highest BCUT2D eigenvalue weighted by Gasteiger charge is 2.36. The zero-order valence-corrected chi connectivity index (χ0v) is 18.1. The fraction of sp³-hybridized carbons (Fsp3) is 0.458. The Morgan fingerprint density at radius 3 is 2.77 bits per heavy atom. The number of benzene rings is 1. The van der Waals surface area contributed by atoms with Crippen LogP contribution in [0.4, 0.5) is 5.69 Å². The van der Waals surface area contributed by atoms with Gasteiger partial charge >= 0.3 is 0 Å². The lowest BCUT2D eigenvalue weighted by atomic mass is 9.85. The van der Waals surface area contributed by atoms with Gasteiger partial charge < -0.3 is 14.5 Å². The maximum Gasteiger partial charge on any atom is 0.182 e. The summed E-state index contributed by atoms with van der Waals surface area (Å²) in [6.07, 6.45) is 2.38. The maximum atomic E-state index is 13.3. The molecule has 0 unspecified atom stereocenters. The van der Waals surface area contributed by atoms with E-state index in [1.807, 2.05) is 36.0 Å². The van der Waals surface area contributed by atoms with Crippen molar-refractivity contribution in [3.8, 4) is 5.75 Å². The summed E-state index contributed by atoms with van der Waals surface area (Å²) in [5, 5.41) is 8.58. The average Bonchev–Trinajstić information content (AvgIpc) is 3.45. The maximum absolute atomic E-state index is 13.3. The molecule has 2 aromatic rings. The topological polar surface area (TPSA) is 69.5 Å². The van der Waals surface area contributed by atoms with Gasteiger partial charge in [0.1, 0.15) is 17.3 Å². The molecule has 5 rings (SSSR count). The van der Waals surface area contributed by atoms with Gasteiger partial charge in [0.2, 0.25) is 0 Å². The van der Waals surface area contributed by atoms with Crippen LogP contribution in [0.2, 0.25) is 0 Å². The van der Waals surface area contributed by atoms with E-state index in [0.29, 0.717) is 30.5 Å². The van der Waals surface area contributed by atoms with E-state index in [1.165, 1.54) is 12.8 Å². The van der Waals surface area contributed by atoms with Gasteiger partial charge in [0.05, 0.1) is 18.8 Å². The highest BCUT2D eigenvalue weighted by atomic mass is 16.5. The van der Waals surface area contributed by atoms with Crippen LogP contribution in [0.25, 0.3) is 0 Å². The number of carbonyl (C=O) groups is 1. The van der Waals surface area contributed by atoms with Crippen molar-refractivity contribution in [2.75, 3.05) is 32.1 Å². The molecule has 3 aliphatic rings. The van der Waals surface area contributed by atoms with Crippen molar-refractivity contribution in [1.29, 1.82) is 5.41 Å². The van der Waals surface area contributed by atoms with Crippen molar-refractivity contribution in [3.63, 3.8) is 0 Å². The van der Waals surface area contributed by atoms with Crippen LogP contribution in [-0.4, -0.2) is 48.7 Å². The molecule has 2 aliphatic heterocycles. The summed E-state index contributed by atoms with van der Waals surface area (Å²) in [4.78, 5) is 21.8. The van der Waals surface area contributed by atoms with Gasteiger partial charge in [0.25, 0.3) is 0 Å². The molecule has 1 N–H and O–H groups in total. The molecule has 1 aromatic carbocycles. The lowest BCUT2D eigenvalue weighted by Gasteiger charge is -2.21. The SMILES string of the molecule is CN(C)c1cc(C(=O)CN2Cc3ccc(C4CC4)nc3C2=N)cc2c1OCC2(C)C. The van der Waals surface area contributed by atoms with Crippen LogP contribution in [0.3, 0.4) is 0 Å². The first-order valence-corrected chi connectivity index (χ1v) is 10.6. The molecule has 30 heavy (non-hydrogen) atoms. The van der Waals surface area contributed by atoms with Gasteiger partial charge in [-0.15, -0.1) is 0 Å². The monoisotopic (exact) mass is 404 g/mol. The van der Waals surface area contributed by atoms with E-state index in [0.717, 1.165) is 34.0 Å². The van der Waals surface area contributed by atoms with Crippen molar-refractivity contribution in [3.05, 3.63) is 52.3 Å². The number of hydrogen-bond donors (Lipinski definition) is 1. The zero-order valence-electron chi connectivity index (χ0n) is 18.1. The number of aromatic nitrogens is 1. The lowest BCUT2D eigenvalue weighted by Crippen LogP contribution is -2.30. The first kappa shape index (κ1) is 19.1. The number of nitrogens with one attached hydrogen (secondary N) is 1. The molecule has 0 saturated heterocycles. The van der Waals surface area contributed by atoms with Crippen LogP contribution in [0.15, 0.2) is 24.3 Å². The molecule has 1 saturated carbocycles. The van der Waals surface area contributed by atoms with Crippen LogP contribution in [0.5, 0.6) is 5.75 Å². The van der Waals surface area contributed by atoms with E-state index < -0.39 is 0 Å². The number of pyridine rings is 1. The van der Waals surface area contributed by atoms with Gasteiger partial charge in [-0.2, -0.15) is 0 Å². The van der Waals surface area contributed by atoms with Crippen LogP contribution in [-0.2, 0) is 12.0 Å². The van der Waals surface area contributed by atoms with Gasteiger partial charge in [-0.1, -0.05) is 19.9 Å². The second kappa shape index (κ2) is 6.56.